The number of ketones is 3. The van der Waals surface area contributed by atoms with Crippen LogP contribution in [0.25, 0.3) is 6.08 Å². The number of anilines is 1. The zero-order chi connectivity index (χ0) is 28.5. The number of hydrogen-bond acceptors (Lipinski definition) is 5. The second kappa shape index (κ2) is 9.25. The molecule has 0 bridgehead atoms. The number of hydrogen-bond donors (Lipinski definition) is 0. The van der Waals surface area contributed by atoms with E-state index in [0.29, 0.717) is 44.3 Å². The van der Waals surface area contributed by atoms with Crippen LogP contribution in [0.15, 0.2) is 97.1 Å². The van der Waals surface area contributed by atoms with Crippen LogP contribution in [0.1, 0.15) is 48.1 Å². The van der Waals surface area contributed by atoms with Crippen LogP contribution in [0.3, 0.4) is 0 Å². The van der Waals surface area contributed by atoms with Gasteiger partial charge < -0.3 is 9.64 Å². The summed E-state index contributed by atoms with van der Waals surface area (Å²) in [7, 11) is 1.56. The lowest BCUT2D eigenvalue weighted by atomic mass is 9.64. The molecule has 0 aromatic heterocycles. The lowest BCUT2D eigenvalue weighted by molar-refractivity contribution is 0.0666. The van der Waals surface area contributed by atoms with Crippen molar-refractivity contribution in [3.05, 3.63) is 136 Å². The van der Waals surface area contributed by atoms with E-state index in [1.807, 2.05) is 17.0 Å². The fourth-order valence-corrected chi connectivity index (χ4v) is 7.04. The predicted molar refractivity (Wildman–Crippen MR) is 155 cm³/mol. The molecule has 0 radical (unpaired) electrons. The first-order valence-corrected chi connectivity index (χ1v) is 13.6. The van der Waals surface area contributed by atoms with Gasteiger partial charge in [-0.3, -0.25) is 14.4 Å². The summed E-state index contributed by atoms with van der Waals surface area (Å²) in [6.07, 6.45) is 3.51. The van der Waals surface area contributed by atoms with Crippen LogP contribution in [0.2, 0.25) is 5.02 Å². The molecule has 2 aliphatic heterocycles. The summed E-state index contributed by atoms with van der Waals surface area (Å²) in [5.74, 6) is -1.60. The minimum Gasteiger partial charge on any atom is -0.497 e. The zero-order valence-corrected chi connectivity index (χ0v) is 22.6. The van der Waals surface area contributed by atoms with Gasteiger partial charge in [-0.1, -0.05) is 60.2 Å². The number of methoxy groups -OCH3 is 1. The lowest BCUT2D eigenvalue weighted by Crippen LogP contribution is -2.48. The molecular formula is C34H23ClFNO4. The van der Waals surface area contributed by atoms with Crippen LogP contribution in [0.5, 0.6) is 5.75 Å². The average Bonchev–Trinajstić information content (AvgIpc) is 3.43. The first-order chi connectivity index (χ1) is 19.9. The van der Waals surface area contributed by atoms with Gasteiger partial charge in [0.1, 0.15) is 23.0 Å². The van der Waals surface area contributed by atoms with Crippen molar-refractivity contribution in [1.82, 2.24) is 0 Å². The molecule has 0 saturated carbocycles. The number of nitrogens with zero attached hydrogens (tertiary/aromatic N) is 1. The Morgan fingerprint density at radius 2 is 1.56 bits per heavy atom. The molecule has 7 rings (SSSR count). The highest BCUT2D eigenvalue weighted by Gasteiger charge is 2.71. The Balaban J connectivity index is 1.54. The third kappa shape index (κ3) is 3.50. The number of halogens is 2. The maximum absolute atomic E-state index is 14.6. The van der Waals surface area contributed by atoms with Gasteiger partial charge in [-0.25, -0.2) is 4.39 Å². The topological polar surface area (TPSA) is 63.7 Å². The molecule has 1 aliphatic carbocycles. The molecular weight excluding hydrogens is 541 g/mol. The summed E-state index contributed by atoms with van der Waals surface area (Å²) < 4.78 is 19.7. The minimum atomic E-state index is -1.63. The van der Waals surface area contributed by atoms with Crippen molar-refractivity contribution in [3.63, 3.8) is 0 Å². The molecule has 202 valence electrons. The van der Waals surface area contributed by atoms with E-state index in [1.165, 1.54) is 12.1 Å². The molecule has 0 unspecified atom stereocenters. The summed E-state index contributed by atoms with van der Waals surface area (Å²) >= 11 is 6.14. The van der Waals surface area contributed by atoms with Gasteiger partial charge in [-0.05, 0) is 60.2 Å². The Labute approximate surface area is 240 Å². The monoisotopic (exact) mass is 563 g/mol. The maximum atomic E-state index is 14.6. The van der Waals surface area contributed by atoms with E-state index in [4.69, 9.17) is 16.3 Å². The van der Waals surface area contributed by atoms with Crippen LogP contribution in [-0.2, 0) is 0 Å². The van der Waals surface area contributed by atoms with Crippen LogP contribution >= 0.6 is 11.6 Å². The molecule has 1 saturated heterocycles. The second-order valence-electron chi connectivity index (χ2n) is 10.6. The number of fused-ring (bicyclic) bond motifs is 5. The highest BCUT2D eigenvalue weighted by atomic mass is 35.5. The van der Waals surface area contributed by atoms with Gasteiger partial charge in [0.2, 0.25) is 0 Å². The summed E-state index contributed by atoms with van der Waals surface area (Å²) in [5.41, 5.74) is 1.24. The van der Waals surface area contributed by atoms with E-state index < -0.39 is 29.2 Å². The van der Waals surface area contributed by atoms with Gasteiger partial charge in [0.15, 0.2) is 17.3 Å². The molecule has 0 N–H and O–H groups in total. The SMILES string of the molecule is COc1ccc([C@@H]2[C@H](C(=O)c3ccc(Cl)cc3)N3c4ccc(F)cc4C=C[C@H]3C23C(=O)c2ccccc2C3=O)cc1. The Morgan fingerprint density at radius 3 is 2.20 bits per heavy atom. The minimum absolute atomic E-state index is 0.272. The largest absolute Gasteiger partial charge is 0.497 e. The van der Waals surface area contributed by atoms with Gasteiger partial charge in [-0.2, -0.15) is 0 Å². The van der Waals surface area contributed by atoms with Gasteiger partial charge >= 0.3 is 0 Å². The van der Waals surface area contributed by atoms with Gasteiger partial charge in [0.05, 0.1) is 13.2 Å². The second-order valence-corrected chi connectivity index (χ2v) is 11.0. The molecule has 3 atom stereocenters. The first-order valence-electron chi connectivity index (χ1n) is 13.2. The maximum Gasteiger partial charge on any atom is 0.185 e. The smallest absolute Gasteiger partial charge is 0.185 e. The van der Waals surface area contributed by atoms with E-state index in [1.54, 1.807) is 86.0 Å². The van der Waals surface area contributed by atoms with E-state index >= 15 is 0 Å². The molecule has 4 aromatic rings. The van der Waals surface area contributed by atoms with E-state index in [9.17, 15) is 18.8 Å². The normalized spacial score (nSPS) is 21.5. The lowest BCUT2D eigenvalue weighted by Gasteiger charge is -2.37. The van der Waals surface area contributed by atoms with E-state index in [0.717, 1.165) is 0 Å². The summed E-state index contributed by atoms with van der Waals surface area (Å²) in [6, 6.07) is 23.1. The summed E-state index contributed by atoms with van der Waals surface area (Å²) in [6.45, 7) is 0. The highest BCUT2D eigenvalue weighted by molar-refractivity contribution is 6.32. The quantitative estimate of drug-likeness (QED) is 0.202. The van der Waals surface area contributed by atoms with Crippen molar-refractivity contribution in [2.75, 3.05) is 12.0 Å². The number of rotatable bonds is 4. The molecule has 1 spiro atoms. The number of carbonyl (C=O) groups excluding carboxylic acids is 3. The Kier molecular flexibility index (Phi) is 5.73. The van der Waals surface area contributed by atoms with Crippen LogP contribution < -0.4 is 9.64 Å². The van der Waals surface area contributed by atoms with Crippen molar-refractivity contribution in [2.45, 2.75) is 18.0 Å². The third-order valence-electron chi connectivity index (χ3n) is 8.64. The van der Waals surface area contributed by atoms with Crippen LogP contribution in [-0.4, -0.2) is 36.5 Å². The fourth-order valence-electron chi connectivity index (χ4n) is 6.92. The van der Waals surface area contributed by atoms with Gasteiger partial charge in [0.25, 0.3) is 0 Å². The Bertz CT molecular complexity index is 1740. The molecule has 7 heteroatoms. The van der Waals surface area contributed by atoms with Crippen molar-refractivity contribution in [3.8, 4) is 5.75 Å². The van der Waals surface area contributed by atoms with Crippen molar-refractivity contribution in [1.29, 1.82) is 0 Å². The zero-order valence-electron chi connectivity index (χ0n) is 21.9. The Morgan fingerprint density at radius 1 is 0.902 bits per heavy atom. The number of carbonyl (C=O) groups is 3. The highest BCUT2D eigenvalue weighted by Crippen LogP contribution is 2.61. The van der Waals surface area contributed by atoms with Crippen molar-refractivity contribution < 1.29 is 23.5 Å². The molecule has 2 heterocycles. The van der Waals surface area contributed by atoms with Crippen LogP contribution in [0, 0.1) is 11.2 Å². The van der Waals surface area contributed by atoms with Gasteiger partial charge in [-0.15, -0.1) is 0 Å². The summed E-state index contributed by atoms with van der Waals surface area (Å²) in [4.78, 5) is 45.7. The molecule has 1 fully saturated rings. The number of benzene rings is 4. The molecule has 4 aromatic carbocycles. The number of Topliss-reactive ketones (excluding diaryl/α,β-unsaturated/α-hetero) is 3. The number of ether oxygens (including phenoxy) is 1. The molecule has 41 heavy (non-hydrogen) atoms. The predicted octanol–water partition coefficient (Wildman–Crippen LogP) is 6.80. The van der Waals surface area contributed by atoms with Gasteiger partial charge in [0, 0.05) is 38.9 Å². The average molecular weight is 564 g/mol. The van der Waals surface area contributed by atoms with E-state index in [-0.39, 0.29) is 17.3 Å². The van der Waals surface area contributed by atoms with Crippen LogP contribution in [0.4, 0.5) is 10.1 Å². The molecule has 0 amide bonds. The fraction of sp³-hybridized carbons (Fsp3) is 0.147. The molecule has 3 aliphatic rings. The Hall–Kier alpha value is -4.55. The van der Waals surface area contributed by atoms with E-state index in [2.05, 4.69) is 0 Å². The van der Waals surface area contributed by atoms with Crippen molar-refractivity contribution in [2.24, 2.45) is 5.41 Å². The summed E-state index contributed by atoms with van der Waals surface area (Å²) in [5, 5.41) is 0.479. The third-order valence-corrected chi connectivity index (χ3v) is 8.89. The standard InChI is InChI=1S/C34H23ClFNO4/c1-41-24-14-8-19(9-15-24)29-30(31(38)20-6-11-22(35)12-7-20)37-27-16-13-23(36)18-21(27)10-17-28(37)34(29)32(39)25-4-2-3-5-26(25)33(34)40/h2-18,28-30H,1H3/t28-,29+,30+/m0/s1. The van der Waals surface area contributed by atoms with Crippen molar-refractivity contribution >= 4 is 40.7 Å². The first kappa shape index (κ1) is 25.4. The molecule has 5 nitrogen and oxygen atoms in total.